The second kappa shape index (κ2) is 9.02. The molecule has 1 atom stereocenters. The second-order valence-electron chi connectivity index (χ2n) is 7.04. The van der Waals surface area contributed by atoms with Crippen molar-refractivity contribution in [2.45, 2.75) is 38.5 Å². The number of hydrogen-bond donors (Lipinski definition) is 1. The normalized spacial score (nSPS) is 22.8. The predicted octanol–water partition coefficient (Wildman–Crippen LogP) is 2.29. The first kappa shape index (κ1) is 17.2. The van der Waals surface area contributed by atoms with Crippen molar-refractivity contribution < 1.29 is 4.79 Å². The van der Waals surface area contributed by atoms with Gasteiger partial charge in [-0.2, -0.15) is 0 Å². The van der Waals surface area contributed by atoms with Crippen LogP contribution in [-0.4, -0.2) is 55.1 Å². The summed E-state index contributed by atoms with van der Waals surface area (Å²) in [6.07, 6.45) is 11.0. The van der Waals surface area contributed by atoms with Gasteiger partial charge >= 0.3 is 0 Å². The molecule has 2 fully saturated rings. The maximum absolute atomic E-state index is 12.5. The Labute approximate surface area is 145 Å². The molecular weight excluding hydrogens is 300 g/mol. The van der Waals surface area contributed by atoms with Crippen LogP contribution in [0.15, 0.2) is 24.5 Å². The fourth-order valence-electron chi connectivity index (χ4n) is 3.82. The number of pyridine rings is 1. The molecule has 0 radical (unpaired) electrons. The lowest BCUT2D eigenvalue weighted by atomic mass is 9.96. The third kappa shape index (κ3) is 4.94. The summed E-state index contributed by atoms with van der Waals surface area (Å²) >= 11 is 0. The molecule has 2 saturated heterocycles. The van der Waals surface area contributed by atoms with Crippen molar-refractivity contribution in [2.24, 2.45) is 5.92 Å². The summed E-state index contributed by atoms with van der Waals surface area (Å²) in [7, 11) is 0. The molecule has 3 heterocycles. The Balaban J connectivity index is 1.42. The number of likely N-dealkylation sites (tertiary alicyclic amines) is 1. The third-order valence-electron chi connectivity index (χ3n) is 5.25. The zero-order valence-electron chi connectivity index (χ0n) is 14.6. The van der Waals surface area contributed by atoms with Crippen LogP contribution in [0.25, 0.3) is 0 Å². The van der Waals surface area contributed by atoms with Gasteiger partial charge in [-0.3, -0.25) is 9.78 Å². The molecule has 1 amide bonds. The second-order valence-corrected chi connectivity index (χ2v) is 7.04. The van der Waals surface area contributed by atoms with E-state index in [0.29, 0.717) is 0 Å². The minimum atomic E-state index is 0.107. The lowest BCUT2D eigenvalue weighted by Crippen LogP contribution is -2.44. The summed E-state index contributed by atoms with van der Waals surface area (Å²) in [5, 5.41) is 3.17. The molecule has 5 heteroatoms. The number of piperidine rings is 1. The van der Waals surface area contributed by atoms with Crippen LogP contribution >= 0.6 is 0 Å². The van der Waals surface area contributed by atoms with Crippen molar-refractivity contribution in [3.8, 4) is 0 Å². The summed E-state index contributed by atoms with van der Waals surface area (Å²) in [6, 6.07) is 4.05. The number of rotatable bonds is 5. The van der Waals surface area contributed by atoms with E-state index in [1.54, 1.807) is 0 Å². The highest BCUT2D eigenvalue weighted by Crippen LogP contribution is 2.22. The fraction of sp³-hybridized carbons (Fsp3) is 0.684. The molecule has 3 rings (SSSR count). The molecule has 5 nitrogen and oxygen atoms in total. The largest absolute Gasteiger partial charge is 0.371 e. The molecule has 2 aliphatic heterocycles. The molecule has 132 valence electrons. The number of nitrogens with zero attached hydrogens (tertiary/aromatic N) is 3. The van der Waals surface area contributed by atoms with E-state index in [1.807, 2.05) is 24.5 Å². The number of carbonyl (C=O) groups excluding carboxylic acids is 1. The van der Waals surface area contributed by atoms with Crippen LogP contribution in [0, 0.1) is 5.92 Å². The van der Waals surface area contributed by atoms with Crippen molar-refractivity contribution in [1.29, 1.82) is 0 Å². The zero-order valence-corrected chi connectivity index (χ0v) is 14.6. The van der Waals surface area contributed by atoms with E-state index in [9.17, 15) is 4.79 Å². The lowest BCUT2D eigenvalue weighted by molar-refractivity contribution is -0.125. The van der Waals surface area contributed by atoms with Gasteiger partial charge in [0, 0.05) is 44.3 Å². The summed E-state index contributed by atoms with van der Waals surface area (Å²) in [6.45, 7) is 6.00. The Morgan fingerprint density at radius 2 is 1.83 bits per heavy atom. The van der Waals surface area contributed by atoms with Gasteiger partial charge in [-0.1, -0.05) is 12.8 Å². The molecule has 1 unspecified atom stereocenters. The predicted molar refractivity (Wildman–Crippen MR) is 97.1 cm³/mol. The van der Waals surface area contributed by atoms with Gasteiger partial charge < -0.3 is 15.1 Å². The van der Waals surface area contributed by atoms with Gasteiger partial charge in [0.2, 0.25) is 5.91 Å². The standard InChI is InChI=1S/C19H30N4O/c24-19(21-11-15-22-12-3-1-2-4-13-22)17-6-5-14-23(16-17)18-7-9-20-10-8-18/h7-10,17H,1-6,11-16H2,(H,21,24). The van der Waals surface area contributed by atoms with Gasteiger partial charge in [0.1, 0.15) is 0 Å². The van der Waals surface area contributed by atoms with Crippen molar-refractivity contribution in [3.05, 3.63) is 24.5 Å². The van der Waals surface area contributed by atoms with Crippen LogP contribution in [0.2, 0.25) is 0 Å². The fourth-order valence-corrected chi connectivity index (χ4v) is 3.82. The van der Waals surface area contributed by atoms with Crippen LogP contribution in [0.1, 0.15) is 38.5 Å². The molecule has 1 aromatic rings. The topological polar surface area (TPSA) is 48.5 Å². The van der Waals surface area contributed by atoms with Gasteiger partial charge in [-0.15, -0.1) is 0 Å². The molecule has 0 bridgehead atoms. The Bertz CT molecular complexity index is 499. The average Bonchev–Trinajstić information content (AvgIpc) is 2.91. The van der Waals surface area contributed by atoms with Crippen LogP contribution in [-0.2, 0) is 4.79 Å². The monoisotopic (exact) mass is 330 g/mol. The van der Waals surface area contributed by atoms with E-state index < -0.39 is 0 Å². The molecule has 1 aromatic heterocycles. The van der Waals surface area contributed by atoms with Gasteiger partial charge in [-0.05, 0) is 50.9 Å². The summed E-state index contributed by atoms with van der Waals surface area (Å²) in [5.41, 5.74) is 1.17. The highest BCUT2D eigenvalue weighted by atomic mass is 16.1. The highest BCUT2D eigenvalue weighted by Gasteiger charge is 2.25. The molecule has 24 heavy (non-hydrogen) atoms. The quantitative estimate of drug-likeness (QED) is 0.900. The number of carbonyl (C=O) groups is 1. The van der Waals surface area contributed by atoms with Gasteiger partial charge in [0.05, 0.1) is 5.92 Å². The summed E-state index contributed by atoms with van der Waals surface area (Å²) < 4.78 is 0. The minimum Gasteiger partial charge on any atom is -0.371 e. The first-order valence-electron chi connectivity index (χ1n) is 9.48. The first-order valence-corrected chi connectivity index (χ1v) is 9.48. The first-order chi connectivity index (χ1) is 11.8. The number of hydrogen-bond acceptors (Lipinski definition) is 4. The molecule has 0 aromatic carbocycles. The van der Waals surface area contributed by atoms with E-state index in [2.05, 4.69) is 20.1 Å². The Morgan fingerprint density at radius 3 is 2.58 bits per heavy atom. The number of amides is 1. The van der Waals surface area contributed by atoms with Crippen LogP contribution in [0.5, 0.6) is 0 Å². The Kier molecular flexibility index (Phi) is 6.47. The molecular formula is C19H30N4O. The highest BCUT2D eigenvalue weighted by molar-refractivity contribution is 5.79. The SMILES string of the molecule is O=C(NCCN1CCCCCC1)C1CCCN(c2ccncc2)C1. The molecule has 0 aliphatic carbocycles. The van der Waals surface area contributed by atoms with Gasteiger partial charge in [0.15, 0.2) is 0 Å². The summed E-state index contributed by atoms with van der Waals surface area (Å²) in [4.78, 5) is 21.4. The molecule has 1 N–H and O–H groups in total. The van der Waals surface area contributed by atoms with Crippen LogP contribution in [0.4, 0.5) is 5.69 Å². The van der Waals surface area contributed by atoms with Gasteiger partial charge in [0.25, 0.3) is 0 Å². The number of aromatic nitrogens is 1. The van der Waals surface area contributed by atoms with Gasteiger partial charge in [-0.25, -0.2) is 0 Å². The molecule has 2 aliphatic rings. The van der Waals surface area contributed by atoms with E-state index in [-0.39, 0.29) is 11.8 Å². The van der Waals surface area contributed by atoms with E-state index in [0.717, 1.165) is 39.0 Å². The number of anilines is 1. The van der Waals surface area contributed by atoms with E-state index in [4.69, 9.17) is 0 Å². The van der Waals surface area contributed by atoms with Crippen molar-refractivity contribution in [1.82, 2.24) is 15.2 Å². The molecule has 0 spiro atoms. The third-order valence-corrected chi connectivity index (χ3v) is 5.25. The van der Waals surface area contributed by atoms with Crippen LogP contribution < -0.4 is 10.2 Å². The Hall–Kier alpha value is -1.62. The summed E-state index contributed by atoms with van der Waals surface area (Å²) in [5.74, 6) is 0.333. The maximum Gasteiger partial charge on any atom is 0.224 e. The van der Waals surface area contributed by atoms with Crippen LogP contribution in [0.3, 0.4) is 0 Å². The maximum atomic E-state index is 12.5. The van der Waals surface area contributed by atoms with Crippen molar-refractivity contribution in [3.63, 3.8) is 0 Å². The number of nitrogens with one attached hydrogen (secondary N) is 1. The van der Waals surface area contributed by atoms with Crippen molar-refractivity contribution in [2.75, 3.05) is 44.2 Å². The average molecular weight is 330 g/mol. The minimum absolute atomic E-state index is 0.107. The smallest absolute Gasteiger partial charge is 0.224 e. The van der Waals surface area contributed by atoms with E-state index >= 15 is 0 Å². The molecule has 0 saturated carbocycles. The zero-order chi connectivity index (χ0) is 16.6. The van der Waals surface area contributed by atoms with Crippen molar-refractivity contribution >= 4 is 11.6 Å². The lowest BCUT2D eigenvalue weighted by Gasteiger charge is -2.33. The van der Waals surface area contributed by atoms with E-state index in [1.165, 1.54) is 44.5 Å². The Morgan fingerprint density at radius 1 is 1.08 bits per heavy atom.